The van der Waals surface area contributed by atoms with E-state index in [1.807, 2.05) is 13.8 Å². The molecule has 3 N–H and O–H groups in total. The number of halogens is 1. The van der Waals surface area contributed by atoms with Crippen LogP contribution in [0.2, 0.25) is 5.02 Å². The molecule has 0 radical (unpaired) electrons. The highest BCUT2D eigenvalue weighted by atomic mass is 35.5. The first kappa shape index (κ1) is 16.9. The van der Waals surface area contributed by atoms with Crippen LogP contribution in [0.1, 0.15) is 52.0 Å². The Kier molecular flexibility index (Phi) is 4.95. The number of aromatic nitrogens is 2. The SMILES string of the molecule is Cc1cccc(NC(=O)c2nc(C(C)C)ncc2Cl)c1C(N)=O. The minimum Gasteiger partial charge on any atom is -0.366 e. The third kappa shape index (κ3) is 3.65. The van der Waals surface area contributed by atoms with Crippen molar-refractivity contribution >= 4 is 29.1 Å². The van der Waals surface area contributed by atoms with Gasteiger partial charge < -0.3 is 11.1 Å². The van der Waals surface area contributed by atoms with Crippen molar-refractivity contribution in [2.75, 3.05) is 5.32 Å². The number of nitrogens with zero attached hydrogens (tertiary/aromatic N) is 2. The van der Waals surface area contributed by atoms with Gasteiger partial charge in [-0.25, -0.2) is 9.97 Å². The molecule has 2 rings (SSSR count). The molecule has 2 amide bonds. The summed E-state index contributed by atoms with van der Waals surface area (Å²) in [7, 11) is 0. The van der Waals surface area contributed by atoms with Crippen molar-refractivity contribution in [3.8, 4) is 0 Å². The van der Waals surface area contributed by atoms with Crippen LogP contribution in [-0.2, 0) is 0 Å². The van der Waals surface area contributed by atoms with Crippen molar-refractivity contribution < 1.29 is 9.59 Å². The average Bonchev–Trinajstić information content (AvgIpc) is 2.46. The van der Waals surface area contributed by atoms with Gasteiger partial charge in [-0.05, 0) is 18.6 Å². The van der Waals surface area contributed by atoms with E-state index in [1.165, 1.54) is 6.20 Å². The minimum absolute atomic E-state index is 0.0546. The fourth-order valence-electron chi connectivity index (χ4n) is 2.10. The number of anilines is 1. The van der Waals surface area contributed by atoms with Gasteiger partial charge in [-0.15, -0.1) is 0 Å². The van der Waals surface area contributed by atoms with Crippen molar-refractivity contribution in [3.05, 3.63) is 52.1 Å². The molecule has 0 fully saturated rings. The van der Waals surface area contributed by atoms with Gasteiger partial charge in [0.2, 0.25) is 0 Å². The number of benzene rings is 1. The smallest absolute Gasteiger partial charge is 0.275 e. The first-order valence-corrected chi connectivity index (χ1v) is 7.42. The molecule has 0 aliphatic rings. The van der Waals surface area contributed by atoms with Gasteiger partial charge in [-0.2, -0.15) is 0 Å². The average molecular weight is 333 g/mol. The van der Waals surface area contributed by atoms with E-state index in [0.717, 1.165) is 0 Å². The Hall–Kier alpha value is -2.47. The summed E-state index contributed by atoms with van der Waals surface area (Å²) in [5.74, 6) is -0.569. The van der Waals surface area contributed by atoms with Gasteiger partial charge in [0, 0.05) is 5.92 Å². The second-order valence-electron chi connectivity index (χ2n) is 5.40. The molecule has 0 bridgehead atoms. The van der Waals surface area contributed by atoms with Crippen LogP contribution in [-0.4, -0.2) is 21.8 Å². The molecule has 0 saturated carbocycles. The molecule has 0 unspecified atom stereocenters. The van der Waals surface area contributed by atoms with E-state index in [0.29, 0.717) is 17.1 Å². The zero-order chi connectivity index (χ0) is 17.1. The Morgan fingerprint density at radius 1 is 1.30 bits per heavy atom. The van der Waals surface area contributed by atoms with Gasteiger partial charge in [0.05, 0.1) is 22.5 Å². The normalized spacial score (nSPS) is 10.7. The lowest BCUT2D eigenvalue weighted by Gasteiger charge is -2.12. The number of hydrogen-bond acceptors (Lipinski definition) is 4. The summed E-state index contributed by atoms with van der Waals surface area (Å²) in [6.45, 7) is 5.57. The van der Waals surface area contributed by atoms with Crippen LogP contribution in [0.15, 0.2) is 24.4 Å². The molecule has 6 nitrogen and oxygen atoms in total. The fourth-order valence-corrected chi connectivity index (χ4v) is 2.28. The maximum atomic E-state index is 12.5. The molecule has 0 atom stereocenters. The van der Waals surface area contributed by atoms with E-state index < -0.39 is 11.8 Å². The molecule has 2 aromatic rings. The number of amides is 2. The van der Waals surface area contributed by atoms with Crippen molar-refractivity contribution in [1.82, 2.24) is 9.97 Å². The quantitative estimate of drug-likeness (QED) is 0.899. The Bertz CT molecular complexity index is 775. The lowest BCUT2D eigenvalue weighted by atomic mass is 10.1. The Morgan fingerprint density at radius 2 is 2.00 bits per heavy atom. The van der Waals surface area contributed by atoms with Gasteiger partial charge in [0.15, 0.2) is 5.69 Å². The molecule has 1 aromatic heterocycles. The summed E-state index contributed by atoms with van der Waals surface area (Å²) in [5, 5.41) is 2.78. The molecule has 7 heteroatoms. The third-order valence-corrected chi connectivity index (χ3v) is 3.54. The van der Waals surface area contributed by atoms with Crippen molar-refractivity contribution in [2.45, 2.75) is 26.7 Å². The maximum Gasteiger partial charge on any atom is 0.275 e. The second kappa shape index (κ2) is 6.75. The molecule has 23 heavy (non-hydrogen) atoms. The molecule has 0 aliphatic carbocycles. The van der Waals surface area contributed by atoms with Crippen LogP contribution in [0.4, 0.5) is 5.69 Å². The summed E-state index contributed by atoms with van der Waals surface area (Å²) >= 11 is 6.02. The first-order valence-electron chi connectivity index (χ1n) is 7.04. The number of rotatable bonds is 4. The second-order valence-corrected chi connectivity index (χ2v) is 5.80. The molecular formula is C16H17ClN4O2. The van der Waals surface area contributed by atoms with Crippen molar-refractivity contribution in [3.63, 3.8) is 0 Å². The van der Waals surface area contributed by atoms with Crippen LogP contribution >= 0.6 is 11.6 Å². The van der Waals surface area contributed by atoms with E-state index in [4.69, 9.17) is 17.3 Å². The zero-order valence-electron chi connectivity index (χ0n) is 13.1. The van der Waals surface area contributed by atoms with Gasteiger partial charge in [-0.3, -0.25) is 9.59 Å². The fraction of sp³-hybridized carbons (Fsp3) is 0.250. The highest BCUT2D eigenvalue weighted by Gasteiger charge is 2.18. The molecular weight excluding hydrogens is 316 g/mol. The van der Waals surface area contributed by atoms with Crippen molar-refractivity contribution in [2.24, 2.45) is 5.73 Å². The van der Waals surface area contributed by atoms with Crippen LogP contribution in [0.25, 0.3) is 0 Å². The molecule has 1 aromatic carbocycles. The molecule has 0 aliphatic heterocycles. The van der Waals surface area contributed by atoms with Gasteiger partial charge in [0.25, 0.3) is 11.8 Å². The lowest BCUT2D eigenvalue weighted by Crippen LogP contribution is -2.21. The molecule has 120 valence electrons. The highest BCUT2D eigenvalue weighted by Crippen LogP contribution is 2.22. The summed E-state index contributed by atoms with van der Waals surface area (Å²) < 4.78 is 0. The van der Waals surface area contributed by atoms with Gasteiger partial charge in [0.1, 0.15) is 5.82 Å². The molecule has 0 saturated heterocycles. The molecule has 0 spiro atoms. The minimum atomic E-state index is -0.616. The maximum absolute atomic E-state index is 12.5. The number of carbonyl (C=O) groups is 2. The topological polar surface area (TPSA) is 98.0 Å². The largest absolute Gasteiger partial charge is 0.366 e. The van der Waals surface area contributed by atoms with E-state index in [2.05, 4.69) is 15.3 Å². The van der Waals surface area contributed by atoms with Crippen LogP contribution in [0, 0.1) is 6.92 Å². The Labute approximate surface area is 139 Å². The number of nitrogens with two attached hydrogens (primary N) is 1. The van der Waals surface area contributed by atoms with E-state index in [1.54, 1.807) is 25.1 Å². The monoisotopic (exact) mass is 332 g/mol. The van der Waals surface area contributed by atoms with E-state index >= 15 is 0 Å². The predicted molar refractivity (Wildman–Crippen MR) is 88.8 cm³/mol. The number of hydrogen-bond donors (Lipinski definition) is 2. The third-order valence-electron chi connectivity index (χ3n) is 3.26. The van der Waals surface area contributed by atoms with Gasteiger partial charge in [-0.1, -0.05) is 37.6 Å². The van der Waals surface area contributed by atoms with Crippen LogP contribution in [0.5, 0.6) is 0 Å². The van der Waals surface area contributed by atoms with Crippen LogP contribution in [0.3, 0.4) is 0 Å². The predicted octanol–water partition coefficient (Wildman–Crippen LogP) is 2.91. The summed E-state index contributed by atoms with van der Waals surface area (Å²) in [5.41, 5.74) is 6.69. The number of aryl methyl sites for hydroxylation is 1. The van der Waals surface area contributed by atoms with Gasteiger partial charge >= 0.3 is 0 Å². The van der Waals surface area contributed by atoms with E-state index in [9.17, 15) is 9.59 Å². The first-order chi connectivity index (χ1) is 10.8. The van der Waals surface area contributed by atoms with Crippen molar-refractivity contribution in [1.29, 1.82) is 0 Å². The summed E-state index contributed by atoms with van der Waals surface area (Å²) in [6.07, 6.45) is 1.39. The highest BCUT2D eigenvalue weighted by molar-refractivity contribution is 6.34. The Morgan fingerprint density at radius 3 is 2.61 bits per heavy atom. The number of carbonyl (C=O) groups excluding carboxylic acids is 2. The summed E-state index contributed by atoms with van der Waals surface area (Å²) in [6, 6.07) is 5.06. The zero-order valence-corrected chi connectivity index (χ0v) is 13.8. The molecule has 1 heterocycles. The Balaban J connectivity index is 2.39. The summed E-state index contributed by atoms with van der Waals surface area (Å²) in [4.78, 5) is 32.3. The lowest BCUT2D eigenvalue weighted by molar-refractivity contribution is 0.100. The van der Waals surface area contributed by atoms with Crippen LogP contribution < -0.4 is 11.1 Å². The standard InChI is InChI=1S/C16H17ClN4O2/c1-8(2)15-19-7-10(17)13(21-15)16(23)20-11-6-4-5-9(3)12(11)14(18)22/h4-8H,1-3H3,(H2,18,22)(H,20,23). The number of primary amides is 1. The number of nitrogens with one attached hydrogen (secondary N) is 1. The van der Waals surface area contributed by atoms with E-state index in [-0.39, 0.29) is 22.2 Å².